The SMILES string of the molecule is CC(C)CCNC(=O)C1(C(N)=NO)CCCCC1. The minimum atomic E-state index is -0.788. The predicted octanol–water partition coefficient (Wildman–Crippen LogP) is 1.85. The van der Waals surface area contributed by atoms with Crippen molar-refractivity contribution in [2.24, 2.45) is 22.2 Å². The molecule has 1 amide bonds. The van der Waals surface area contributed by atoms with E-state index in [-0.39, 0.29) is 11.7 Å². The van der Waals surface area contributed by atoms with Gasteiger partial charge in [0.05, 0.1) is 0 Å². The molecule has 0 saturated heterocycles. The van der Waals surface area contributed by atoms with Gasteiger partial charge in [0, 0.05) is 6.54 Å². The van der Waals surface area contributed by atoms with Crippen molar-refractivity contribution < 1.29 is 10.0 Å². The average molecular weight is 255 g/mol. The van der Waals surface area contributed by atoms with Crippen molar-refractivity contribution in [3.63, 3.8) is 0 Å². The van der Waals surface area contributed by atoms with Crippen LogP contribution in [-0.4, -0.2) is 23.5 Å². The maximum Gasteiger partial charge on any atom is 0.233 e. The van der Waals surface area contributed by atoms with Crippen LogP contribution in [0.2, 0.25) is 0 Å². The molecule has 5 nitrogen and oxygen atoms in total. The van der Waals surface area contributed by atoms with Gasteiger partial charge in [-0.05, 0) is 25.2 Å². The summed E-state index contributed by atoms with van der Waals surface area (Å²) in [5.74, 6) is 0.527. The highest BCUT2D eigenvalue weighted by Crippen LogP contribution is 2.36. The van der Waals surface area contributed by atoms with Gasteiger partial charge >= 0.3 is 0 Å². The lowest BCUT2D eigenvalue weighted by molar-refractivity contribution is -0.129. The van der Waals surface area contributed by atoms with E-state index < -0.39 is 5.41 Å². The van der Waals surface area contributed by atoms with Crippen molar-refractivity contribution in [2.45, 2.75) is 52.4 Å². The Morgan fingerprint density at radius 1 is 1.39 bits per heavy atom. The van der Waals surface area contributed by atoms with Crippen LogP contribution in [0, 0.1) is 11.3 Å². The lowest BCUT2D eigenvalue weighted by atomic mass is 9.72. The number of hydrogen-bond acceptors (Lipinski definition) is 3. The Labute approximate surface area is 109 Å². The molecule has 1 aliphatic rings. The number of oxime groups is 1. The van der Waals surface area contributed by atoms with Crippen LogP contribution in [0.1, 0.15) is 52.4 Å². The molecule has 0 aromatic carbocycles. The summed E-state index contributed by atoms with van der Waals surface area (Å²) in [7, 11) is 0. The first-order valence-corrected chi connectivity index (χ1v) is 6.79. The van der Waals surface area contributed by atoms with Gasteiger partial charge in [0.15, 0.2) is 5.84 Å². The van der Waals surface area contributed by atoms with Crippen LogP contribution in [0.3, 0.4) is 0 Å². The summed E-state index contributed by atoms with van der Waals surface area (Å²) in [6.07, 6.45) is 5.31. The summed E-state index contributed by atoms with van der Waals surface area (Å²) >= 11 is 0. The molecule has 0 aliphatic heterocycles. The Morgan fingerprint density at radius 3 is 2.50 bits per heavy atom. The second-order valence-electron chi connectivity index (χ2n) is 5.57. The Kier molecular flexibility index (Phi) is 5.44. The molecule has 0 aromatic heterocycles. The average Bonchev–Trinajstić information content (AvgIpc) is 2.38. The lowest BCUT2D eigenvalue weighted by Gasteiger charge is -2.34. The molecule has 0 heterocycles. The molecule has 0 spiro atoms. The van der Waals surface area contributed by atoms with Crippen LogP contribution in [0.5, 0.6) is 0 Å². The van der Waals surface area contributed by atoms with Crippen molar-refractivity contribution in [3.05, 3.63) is 0 Å². The number of amidine groups is 1. The second-order valence-corrected chi connectivity index (χ2v) is 5.57. The first kappa shape index (κ1) is 14.8. The molecule has 0 unspecified atom stereocenters. The van der Waals surface area contributed by atoms with Crippen LogP contribution in [0.25, 0.3) is 0 Å². The molecule has 1 rings (SSSR count). The quantitative estimate of drug-likeness (QED) is 0.303. The summed E-state index contributed by atoms with van der Waals surface area (Å²) in [6, 6.07) is 0. The monoisotopic (exact) mass is 255 g/mol. The fourth-order valence-electron chi connectivity index (χ4n) is 2.49. The van der Waals surface area contributed by atoms with Crippen LogP contribution >= 0.6 is 0 Å². The maximum atomic E-state index is 12.3. The summed E-state index contributed by atoms with van der Waals surface area (Å²) in [5, 5.41) is 14.9. The third-order valence-electron chi connectivity index (χ3n) is 3.75. The van der Waals surface area contributed by atoms with E-state index in [0.717, 1.165) is 25.7 Å². The van der Waals surface area contributed by atoms with Crippen molar-refractivity contribution >= 4 is 11.7 Å². The van der Waals surface area contributed by atoms with E-state index in [4.69, 9.17) is 10.9 Å². The zero-order valence-electron chi connectivity index (χ0n) is 11.4. The number of nitrogens with zero attached hydrogens (tertiary/aromatic N) is 1. The zero-order chi connectivity index (χ0) is 13.6. The molecular formula is C13H25N3O2. The van der Waals surface area contributed by atoms with Crippen molar-refractivity contribution in [1.82, 2.24) is 5.32 Å². The Hall–Kier alpha value is -1.26. The second kappa shape index (κ2) is 6.61. The first-order chi connectivity index (χ1) is 8.53. The minimum Gasteiger partial charge on any atom is -0.409 e. The highest BCUT2D eigenvalue weighted by atomic mass is 16.4. The standard InChI is InChI=1S/C13H25N3O2/c1-10(2)6-9-15-12(17)13(11(14)16-18)7-4-3-5-8-13/h10,18H,3-9H2,1-2H3,(H2,14,16)(H,15,17). The van der Waals surface area contributed by atoms with Crippen LogP contribution in [0.4, 0.5) is 0 Å². The highest BCUT2D eigenvalue weighted by molar-refractivity contribution is 6.06. The van der Waals surface area contributed by atoms with Gasteiger partial charge in [-0.25, -0.2) is 0 Å². The van der Waals surface area contributed by atoms with Gasteiger partial charge < -0.3 is 16.3 Å². The molecule has 1 fully saturated rings. The van der Waals surface area contributed by atoms with Gasteiger partial charge in [0.2, 0.25) is 5.91 Å². The van der Waals surface area contributed by atoms with E-state index in [9.17, 15) is 4.79 Å². The van der Waals surface area contributed by atoms with E-state index >= 15 is 0 Å². The molecule has 4 N–H and O–H groups in total. The molecule has 1 saturated carbocycles. The van der Waals surface area contributed by atoms with E-state index in [2.05, 4.69) is 24.3 Å². The molecule has 0 aromatic rings. The predicted molar refractivity (Wildman–Crippen MR) is 71.4 cm³/mol. The number of amides is 1. The number of nitrogens with two attached hydrogens (primary N) is 1. The largest absolute Gasteiger partial charge is 0.409 e. The van der Waals surface area contributed by atoms with Crippen molar-refractivity contribution in [3.8, 4) is 0 Å². The zero-order valence-corrected chi connectivity index (χ0v) is 11.4. The van der Waals surface area contributed by atoms with Crippen LogP contribution in [0.15, 0.2) is 5.16 Å². The van der Waals surface area contributed by atoms with E-state index in [1.54, 1.807) is 0 Å². The minimum absolute atomic E-state index is 0.0595. The number of carbonyl (C=O) groups is 1. The van der Waals surface area contributed by atoms with Gasteiger partial charge in [-0.15, -0.1) is 0 Å². The first-order valence-electron chi connectivity index (χ1n) is 6.79. The molecule has 1 aliphatic carbocycles. The maximum absolute atomic E-state index is 12.3. The Bertz CT molecular complexity index is 307. The molecule has 18 heavy (non-hydrogen) atoms. The summed E-state index contributed by atoms with van der Waals surface area (Å²) < 4.78 is 0. The van der Waals surface area contributed by atoms with Gasteiger partial charge in [-0.1, -0.05) is 38.3 Å². The van der Waals surface area contributed by atoms with Crippen LogP contribution < -0.4 is 11.1 Å². The smallest absolute Gasteiger partial charge is 0.233 e. The molecule has 0 atom stereocenters. The summed E-state index contributed by atoms with van der Waals surface area (Å²) in [4.78, 5) is 12.3. The molecule has 0 radical (unpaired) electrons. The van der Waals surface area contributed by atoms with Gasteiger partial charge in [-0.3, -0.25) is 4.79 Å². The van der Waals surface area contributed by atoms with Crippen LogP contribution in [-0.2, 0) is 4.79 Å². The number of nitrogens with one attached hydrogen (secondary N) is 1. The summed E-state index contributed by atoms with van der Waals surface area (Å²) in [6.45, 7) is 4.88. The third-order valence-corrected chi connectivity index (χ3v) is 3.75. The number of carbonyl (C=O) groups excluding carboxylic acids is 1. The Balaban J connectivity index is 2.68. The van der Waals surface area contributed by atoms with Gasteiger partial charge in [0.1, 0.15) is 5.41 Å². The number of rotatable bonds is 5. The normalized spacial score (nSPS) is 19.8. The molecule has 104 valence electrons. The topological polar surface area (TPSA) is 87.7 Å². The van der Waals surface area contributed by atoms with E-state index in [1.165, 1.54) is 0 Å². The lowest BCUT2D eigenvalue weighted by Crippen LogP contribution is -2.51. The number of hydrogen-bond donors (Lipinski definition) is 3. The summed E-state index contributed by atoms with van der Waals surface area (Å²) in [5.41, 5.74) is 4.97. The van der Waals surface area contributed by atoms with E-state index in [1.807, 2.05) is 0 Å². The molecular weight excluding hydrogens is 230 g/mol. The van der Waals surface area contributed by atoms with Crippen molar-refractivity contribution in [2.75, 3.05) is 6.54 Å². The molecule has 0 bridgehead atoms. The molecule has 5 heteroatoms. The third kappa shape index (κ3) is 3.37. The highest BCUT2D eigenvalue weighted by Gasteiger charge is 2.43. The fraction of sp³-hybridized carbons (Fsp3) is 0.846. The van der Waals surface area contributed by atoms with Gasteiger partial charge in [0.25, 0.3) is 0 Å². The fourth-order valence-corrected chi connectivity index (χ4v) is 2.49. The van der Waals surface area contributed by atoms with Gasteiger partial charge in [-0.2, -0.15) is 0 Å². The Morgan fingerprint density at radius 2 is 2.00 bits per heavy atom. The van der Waals surface area contributed by atoms with E-state index in [0.29, 0.717) is 25.3 Å². The van der Waals surface area contributed by atoms with Crippen molar-refractivity contribution in [1.29, 1.82) is 0 Å².